The van der Waals surface area contributed by atoms with E-state index >= 15 is 0 Å². The van der Waals surface area contributed by atoms with Crippen LogP contribution in [0.2, 0.25) is 0 Å². The van der Waals surface area contributed by atoms with Crippen LogP contribution in [0.4, 0.5) is 0 Å². The number of aromatic nitrogens is 1. The third-order valence-corrected chi connectivity index (χ3v) is 5.84. The Morgan fingerprint density at radius 3 is 2.64 bits per heavy atom. The maximum atomic E-state index is 12.7. The molecule has 0 spiro atoms. The van der Waals surface area contributed by atoms with Gasteiger partial charge in [-0.2, -0.15) is 0 Å². The Morgan fingerprint density at radius 1 is 1.18 bits per heavy atom. The van der Waals surface area contributed by atoms with Gasteiger partial charge in [-0.25, -0.2) is 4.98 Å². The van der Waals surface area contributed by atoms with Gasteiger partial charge in [0, 0.05) is 38.8 Å². The molecule has 1 aliphatic heterocycles. The Hall–Kier alpha value is -2.18. The van der Waals surface area contributed by atoms with Crippen LogP contribution in [-0.2, 0) is 13.1 Å². The summed E-state index contributed by atoms with van der Waals surface area (Å²) in [5.41, 5.74) is 4.39. The molecule has 4 rings (SSSR count). The van der Waals surface area contributed by atoms with E-state index in [-0.39, 0.29) is 5.91 Å². The van der Waals surface area contributed by atoms with Crippen molar-refractivity contribution >= 4 is 5.91 Å². The van der Waals surface area contributed by atoms with Crippen LogP contribution in [-0.4, -0.2) is 64.9 Å². The van der Waals surface area contributed by atoms with Crippen molar-refractivity contribution in [3.05, 3.63) is 52.7 Å². The summed E-state index contributed by atoms with van der Waals surface area (Å²) >= 11 is 0. The van der Waals surface area contributed by atoms with E-state index in [0.717, 1.165) is 32.7 Å². The maximum absolute atomic E-state index is 12.7. The molecule has 6 nitrogen and oxygen atoms in total. The number of carbonyl (C=O) groups excluding carboxylic acids is 1. The van der Waals surface area contributed by atoms with E-state index in [4.69, 9.17) is 4.42 Å². The van der Waals surface area contributed by atoms with Crippen LogP contribution in [0.25, 0.3) is 0 Å². The van der Waals surface area contributed by atoms with Gasteiger partial charge in [0.05, 0.1) is 6.54 Å². The molecule has 0 atom stereocenters. The first-order chi connectivity index (χ1) is 13.5. The summed E-state index contributed by atoms with van der Waals surface area (Å²) in [6.07, 6.45) is 3.97. The summed E-state index contributed by atoms with van der Waals surface area (Å²) in [6, 6.07) is 7.20. The molecule has 1 aromatic heterocycles. The van der Waals surface area contributed by atoms with Crippen molar-refractivity contribution in [1.29, 1.82) is 0 Å². The largest absolute Gasteiger partial charge is 0.447 e. The molecule has 1 amide bonds. The first kappa shape index (κ1) is 19.2. The molecule has 0 radical (unpaired) electrons. The van der Waals surface area contributed by atoms with Crippen LogP contribution < -0.4 is 0 Å². The van der Waals surface area contributed by atoms with Gasteiger partial charge in [-0.1, -0.05) is 23.8 Å². The third kappa shape index (κ3) is 4.45. The van der Waals surface area contributed by atoms with Crippen molar-refractivity contribution in [2.45, 2.75) is 45.8 Å². The number of piperazine rings is 1. The number of rotatable bonds is 6. The number of aryl methyl sites for hydroxylation is 2. The molecule has 6 heteroatoms. The highest BCUT2D eigenvalue weighted by molar-refractivity contribution is 5.92. The number of oxazole rings is 1. The first-order valence-corrected chi connectivity index (χ1v) is 10.2. The number of hydrogen-bond acceptors (Lipinski definition) is 5. The lowest BCUT2D eigenvalue weighted by Gasteiger charge is -2.31. The summed E-state index contributed by atoms with van der Waals surface area (Å²) in [4.78, 5) is 23.8. The minimum absolute atomic E-state index is 0.0180. The van der Waals surface area contributed by atoms with Gasteiger partial charge >= 0.3 is 0 Å². The number of likely N-dealkylation sites (N-methyl/N-ethyl adjacent to an activating group) is 1. The van der Waals surface area contributed by atoms with Crippen molar-refractivity contribution in [3.8, 4) is 0 Å². The average molecular weight is 383 g/mol. The van der Waals surface area contributed by atoms with Crippen LogP contribution in [0.3, 0.4) is 0 Å². The molecule has 1 saturated carbocycles. The fourth-order valence-corrected chi connectivity index (χ4v) is 3.77. The molecular formula is C22H30N4O2. The monoisotopic (exact) mass is 382 g/mol. The fourth-order valence-electron chi connectivity index (χ4n) is 3.77. The highest BCUT2D eigenvalue weighted by atomic mass is 16.3. The highest BCUT2D eigenvalue weighted by Gasteiger charge is 2.31. The smallest absolute Gasteiger partial charge is 0.275 e. The van der Waals surface area contributed by atoms with Crippen LogP contribution in [0, 0.1) is 13.8 Å². The molecule has 150 valence electrons. The van der Waals surface area contributed by atoms with Gasteiger partial charge in [0.2, 0.25) is 5.89 Å². The lowest BCUT2D eigenvalue weighted by Crippen LogP contribution is -2.47. The van der Waals surface area contributed by atoms with Crippen molar-refractivity contribution < 1.29 is 9.21 Å². The minimum Gasteiger partial charge on any atom is -0.447 e. The van der Waals surface area contributed by atoms with Crippen LogP contribution in [0.1, 0.15) is 45.9 Å². The molecule has 1 saturated heterocycles. The van der Waals surface area contributed by atoms with Crippen molar-refractivity contribution in [1.82, 2.24) is 19.7 Å². The van der Waals surface area contributed by atoms with E-state index in [1.165, 1.54) is 35.8 Å². The van der Waals surface area contributed by atoms with Crippen LogP contribution >= 0.6 is 0 Å². The molecular weight excluding hydrogens is 352 g/mol. The quantitative estimate of drug-likeness (QED) is 0.769. The van der Waals surface area contributed by atoms with E-state index < -0.39 is 0 Å². The van der Waals surface area contributed by atoms with Gasteiger partial charge < -0.3 is 14.2 Å². The fraction of sp³-hybridized carbons (Fsp3) is 0.545. The van der Waals surface area contributed by atoms with Crippen LogP contribution in [0.5, 0.6) is 0 Å². The summed E-state index contributed by atoms with van der Waals surface area (Å²) in [5.74, 6) is 0.616. The topological polar surface area (TPSA) is 52.8 Å². The molecule has 1 aliphatic carbocycles. The maximum Gasteiger partial charge on any atom is 0.275 e. The molecule has 28 heavy (non-hydrogen) atoms. The molecule has 1 aromatic carbocycles. The molecule has 2 heterocycles. The Balaban J connectivity index is 1.42. The second-order valence-corrected chi connectivity index (χ2v) is 8.29. The number of amides is 1. The predicted molar refractivity (Wildman–Crippen MR) is 108 cm³/mol. The molecule has 0 unspecified atom stereocenters. The Kier molecular flexibility index (Phi) is 5.51. The van der Waals surface area contributed by atoms with E-state index in [0.29, 0.717) is 24.2 Å². The average Bonchev–Trinajstić information content (AvgIpc) is 3.43. The van der Waals surface area contributed by atoms with Gasteiger partial charge in [-0.3, -0.25) is 9.69 Å². The lowest BCUT2D eigenvalue weighted by molar-refractivity contribution is 0.0658. The van der Waals surface area contributed by atoms with Gasteiger partial charge in [-0.05, 0) is 44.9 Å². The summed E-state index contributed by atoms with van der Waals surface area (Å²) in [6.45, 7) is 9.14. The van der Waals surface area contributed by atoms with Crippen molar-refractivity contribution in [2.75, 3.05) is 33.2 Å². The van der Waals surface area contributed by atoms with E-state index in [2.05, 4.69) is 53.9 Å². The van der Waals surface area contributed by atoms with E-state index in [1.54, 1.807) is 0 Å². The lowest BCUT2D eigenvalue weighted by atomic mass is 10.1. The molecule has 0 bridgehead atoms. The molecule has 0 N–H and O–H groups in total. The molecule has 2 fully saturated rings. The van der Waals surface area contributed by atoms with E-state index in [9.17, 15) is 4.79 Å². The van der Waals surface area contributed by atoms with Gasteiger partial charge in [-0.15, -0.1) is 0 Å². The number of carbonyl (C=O) groups is 1. The minimum atomic E-state index is -0.0180. The van der Waals surface area contributed by atoms with Gasteiger partial charge in [0.15, 0.2) is 5.69 Å². The standard InChI is InChI=1S/C22H30N4O2/c1-16-4-5-17(2)18(12-16)13-26(19-6-7-19)14-21-23-20(15-28-21)22(27)25-10-8-24(3)9-11-25/h4-5,12,15,19H,6-11,13-14H2,1-3H3. The number of benzene rings is 1. The van der Waals surface area contributed by atoms with Crippen molar-refractivity contribution in [3.63, 3.8) is 0 Å². The molecule has 2 aliphatic rings. The zero-order valence-electron chi connectivity index (χ0n) is 17.1. The Morgan fingerprint density at radius 2 is 1.93 bits per heavy atom. The van der Waals surface area contributed by atoms with E-state index in [1.807, 2.05) is 4.90 Å². The summed E-state index contributed by atoms with van der Waals surface area (Å²) in [5, 5.41) is 0. The number of nitrogens with zero attached hydrogens (tertiary/aromatic N) is 4. The summed E-state index contributed by atoms with van der Waals surface area (Å²) in [7, 11) is 2.08. The van der Waals surface area contributed by atoms with Crippen LogP contribution in [0.15, 0.2) is 28.9 Å². The second kappa shape index (κ2) is 8.05. The molecule has 2 aromatic rings. The third-order valence-electron chi connectivity index (χ3n) is 5.84. The Labute approximate surface area is 167 Å². The van der Waals surface area contributed by atoms with Gasteiger partial charge in [0.25, 0.3) is 5.91 Å². The van der Waals surface area contributed by atoms with Crippen molar-refractivity contribution in [2.24, 2.45) is 0 Å². The number of hydrogen-bond donors (Lipinski definition) is 0. The highest BCUT2D eigenvalue weighted by Crippen LogP contribution is 2.30. The first-order valence-electron chi connectivity index (χ1n) is 10.2. The predicted octanol–water partition coefficient (Wildman–Crippen LogP) is 2.84. The zero-order valence-corrected chi connectivity index (χ0v) is 17.1. The SMILES string of the molecule is Cc1ccc(C)c(CN(Cc2nc(C(=O)N3CCN(C)CC3)co2)C2CC2)c1. The normalized spacial score (nSPS) is 18.1. The van der Waals surface area contributed by atoms with Gasteiger partial charge in [0.1, 0.15) is 6.26 Å². The summed E-state index contributed by atoms with van der Waals surface area (Å²) < 4.78 is 5.69. The zero-order chi connectivity index (χ0) is 19.7. The second-order valence-electron chi connectivity index (χ2n) is 8.29. The Bertz CT molecular complexity index is 835.